The third kappa shape index (κ3) is 7.17. The van der Waals surface area contributed by atoms with Crippen molar-refractivity contribution >= 4 is 29.9 Å². The van der Waals surface area contributed by atoms with E-state index in [0.29, 0.717) is 18.9 Å². The summed E-state index contributed by atoms with van der Waals surface area (Å²) in [6, 6.07) is 5.93. The van der Waals surface area contributed by atoms with Crippen molar-refractivity contribution < 1.29 is 14.0 Å². The fraction of sp³-hybridized carbons (Fsp3) is 0.526. The number of hydrogen-bond acceptors (Lipinski definition) is 6. The van der Waals surface area contributed by atoms with Gasteiger partial charge in [0.05, 0.1) is 14.2 Å². The van der Waals surface area contributed by atoms with E-state index in [9.17, 15) is 0 Å². The van der Waals surface area contributed by atoms with Gasteiger partial charge in [-0.05, 0) is 24.1 Å². The highest BCUT2D eigenvalue weighted by molar-refractivity contribution is 14.0. The Morgan fingerprint density at radius 3 is 2.36 bits per heavy atom. The Labute approximate surface area is 183 Å². The van der Waals surface area contributed by atoms with Crippen LogP contribution in [0.5, 0.6) is 11.5 Å². The first-order chi connectivity index (χ1) is 13.1. The molecule has 0 amide bonds. The Morgan fingerprint density at radius 2 is 1.79 bits per heavy atom. The zero-order chi connectivity index (χ0) is 19.6. The van der Waals surface area contributed by atoms with Crippen LogP contribution in [0.3, 0.4) is 0 Å². The number of hydrogen-bond donors (Lipinski definition) is 2. The molecule has 0 saturated carbocycles. The van der Waals surface area contributed by atoms with Crippen molar-refractivity contribution in [1.29, 1.82) is 0 Å². The summed E-state index contributed by atoms with van der Waals surface area (Å²) in [6.45, 7) is 5.48. The number of methoxy groups -OCH3 is 2. The number of nitrogens with zero attached hydrogens (tertiary/aromatic N) is 3. The molecule has 8 nitrogen and oxygen atoms in total. The largest absolute Gasteiger partial charge is 0.493 e. The lowest BCUT2D eigenvalue weighted by Gasteiger charge is -2.12. The average molecular weight is 503 g/mol. The van der Waals surface area contributed by atoms with E-state index in [4.69, 9.17) is 14.0 Å². The van der Waals surface area contributed by atoms with Gasteiger partial charge >= 0.3 is 0 Å². The minimum atomic E-state index is 0. The van der Waals surface area contributed by atoms with Crippen molar-refractivity contribution in [2.75, 3.05) is 34.4 Å². The summed E-state index contributed by atoms with van der Waals surface area (Å²) in [4.78, 5) is 8.59. The normalized spacial score (nSPS) is 11.1. The maximum Gasteiger partial charge on any atom is 0.228 e. The molecule has 0 aliphatic heterocycles. The third-order valence-corrected chi connectivity index (χ3v) is 4.01. The number of halogens is 1. The highest BCUT2D eigenvalue weighted by atomic mass is 127. The molecule has 0 radical (unpaired) electrons. The van der Waals surface area contributed by atoms with Gasteiger partial charge in [-0.15, -0.1) is 24.0 Å². The van der Waals surface area contributed by atoms with Crippen molar-refractivity contribution in [3.05, 3.63) is 35.5 Å². The molecule has 2 aromatic rings. The maximum atomic E-state index is 5.34. The van der Waals surface area contributed by atoms with E-state index >= 15 is 0 Å². The number of rotatable bonds is 9. The number of guanidine groups is 1. The second-order valence-corrected chi connectivity index (χ2v) is 6.32. The van der Waals surface area contributed by atoms with Crippen molar-refractivity contribution in [2.45, 2.75) is 32.6 Å². The molecule has 0 aliphatic carbocycles. The minimum absolute atomic E-state index is 0. The molecule has 156 valence electrons. The Balaban J connectivity index is 0.00000392. The summed E-state index contributed by atoms with van der Waals surface area (Å²) in [6.07, 6.45) is 1.48. The van der Waals surface area contributed by atoms with Crippen molar-refractivity contribution in [1.82, 2.24) is 20.8 Å². The van der Waals surface area contributed by atoms with E-state index in [1.54, 1.807) is 21.3 Å². The molecule has 0 fully saturated rings. The van der Waals surface area contributed by atoms with E-state index in [-0.39, 0.29) is 29.9 Å². The summed E-state index contributed by atoms with van der Waals surface area (Å²) in [7, 11) is 5.02. The molecule has 0 atom stereocenters. The van der Waals surface area contributed by atoms with Crippen LogP contribution in [0.4, 0.5) is 0 Å². The van der Waals surface area contributed by atoms with E-state index < -0.39 is 0 Å². The first-order valence-corrected chi connectivity index (χ1v) is 9.05. The third-order valence-electron chi connectivity index (χ3n) is 4.01. The molecule has 1 aromatic carbocycles. The lowest BCUT2D eigenvalue weighted by molar-refractivity contribution is 0.354. The topological polar surface area (TPSA) is 93.8 Å². The fourth-order valence-corrected chi connectivity index (χ4v) is 2.47. The van der Waals surface area contributed by atoms with Gasteiger partial charge in [0.25, 0.3) is 0 Å². The quantitative estimate of drug-likeness (QED) is 0.309. The minimum Gasteiger partial charge on any atom is -0.493 e. The van der Waals surface area contributed by atoms with E-state index in [0.717, 1.165) is 41.8 Å². The Bertz CT molecular complexity index is 749. The predicted octanol–water partition coefficient (Wildman–Crippen LogP) is 2.78. The predicted molar refractivity (Wildman–Crippen MR) is 120 cm³/mol. The average Bonchev–Trinajstić information content (AvgIpc) is 3.15. The SMILES string of the molecule is CN=C(NCCc1ccc(OC)c(OC)c1)NCCc1nc(C(C)C)no1.I. The maximum absolute atomic E-state index is 5.34. The second kappa shape index (κ2) is 12.4. The standard InChI is InChI=1S/C19H29N5O3.HI/c1-13(2)18-23-17(27-24-18)9-11-22-19(20-3)21-10-8-14-6-7-15(25-4)16(12-14)26-5;/h6-7,12-13H,8-11H2,1-5H3,(H2,20,21,22);1H. The Hall–Kier alpha value is -2.04. The molecule has 1 heterocycles. The molecule has 2 rings (SSSR count). The molecule has 0 saturated heterocycles. The van der Waals surface area contributed by atoms with E-state index in [2.05, 4.69) is 25.8 Å². The van der Waals surface area contributed by atoms with Crippen LogP contribution in [-0.4, -0.2) is 50.5 Å². The first-order valence-electron chi connectivity index (χ1n) is 9.05. The molecule has 1 aromatic heterocycles. The summed E-state index contributed by atoms with van der Waals surface area (Å²) in [5.74, 6) is 3.83. The van der Waals surface area contributed by atoms with Crippen LogP contribution >= 0.6 is 24.0 Å². The van der Waals surface area contributed by atoms with Gasteiger partial charge in [-0.2, -0.15) is 4.98 Å². The van der Waals surface area contributed by atoms with Crippen molar-refractivity contribution in [3.63, 3.8) is 0 Å². The molecule has 28 heavy (non-hydrogen) atoms. The highest BCUT2D eigenvalue weighted by Crippen LogP contribution is 2.27. The first kappa shape index (κ1) is 24.0. The molecule has 0 bridgehead atoms. The number of ether oxygens (including phenoxy) is 2. The smallest absolute Gasteiger partial charge is 0.228 e. The van der Waals surface area contributed by atoms with Gasteiger partial charge < -0.3 is 24.6 Å². The van der Waals surface area contributed by atoms with Crippen LogP contribution in [0.1, 0.15) is 37.0 Å². The van der Waals surface area contributed by atoms with Crippen LogP contribution in [0, 0.1) is 0 Å². The van der Waals surface area contributed by atoms with Gasteiger partial charge in [-0.1, -0.05) is 25.1 Å². The molecular formula is C19H30IN5O3. The van der Waals surface area contributed by atoms with Gasteiger partial charge in [-0.3, -0.25) is 4.99 Å². The number of aromatic nitrogens is 2. The van der Waals surface area contributed by atoms with E-state index in [1.807, 2.05) is 32.0 Å². The van der Waals surface area contributed by atoms with Crippen molar-refractivity contribution in [2.24, 2.45) is 4.99 Å². The number of nitrogens with one attached hydrogen (secondary N) is 2. The van der Waals surface area contributed by atoms with Crippen LogP contribution in [0.25, 0.3) is 0 Å². The van der Waals surface area contributed by atoms with Crippen LogP contribution in [0.15, 0.2) is 27.7 Å². The summed E-state index contributed by atoms with van der Waals surface area (Å²) < 4.78 is 15.8. The van der Waals surface area contributed by atoms with E-state index in [1.165, 1.54) is 0 Å². The van der Waals surface area contributed by atoms with Crippen LogP contribution in [0.2, 0.25) is 0 Å². The lowest BCUT2D eigenvalue weighted by atomic mass is 10.1. The summed E-state index contributed by atoms with van der Waals surface area (Å²) in [5.41, 5.74) is 1.16. The second-order valence-electron chi connectivity index (χ2n) is 6.32. The van der Waals surface area contributed by atoms with Gasteiger partial charge in [0.15, 0.2) is 23.3 Å². The monoisotopic (exact) mass is 503 g/mol. The highest BCUT2D eigenvalue weighted by Gasteiger charge is 2.09. The molecular weight excluding hydrogens is 473 g/mol. The Morgan fingerprint density at radius 1 is 1.11 bits per heavy atom. The van der Waals surface area contributed by atoms with Crippen LogP contribution < -0.4 is 20.1 Å². The summed E-state index contributed by atoms with van der Waals surface area (Å²) >= 11 is 0. The number of aliphatic imine (C=N–C) groups is 1. The molecule has 0 spiro atoms. The molecule has 0 unspecified atom stereocenters. The number of benzene rings is 1. The lowest BCUT2D eigenvalue weighted by Crippen LogP contribution is -2.39. The van der Waals surface area contributed by atoms with Gasteiger partial charge in [0, 0.05) is 32.5 Å². The molecule has 0 aliphatic rings. The zero-order valence-corrected chi connectivity index (χ0v) is 19.4. The van der Waals surface area contributed by atoms with Crippen LogP contribution in [-0.2, 0) is 12.8 Å². The van der Waals surface area contributed by atoms with Gasteiger partial charge in [0.2, 0.25) is 5.89 Å². The molecule has 9 heteroatoms. The zero-order valence-electron chi connectivity index (χ0n) is 17.1. The van der Waals surface area contributed by atoms with Gasteiger partial charge in [0.1, 0.15) is 0 Å². The van der Waals surface area contributed by atoms with Gasteiger partial charge in [-0.25, -0.2) is 0 Å². The summed E-state index contributed by atoms with van der Waals surface area (Å²) in [5, 5.41) is 10.5. The Kier molecular flexibility index (Phi) is 10.6. The van der Waals surface area contributed by atoms with Crippen molar-refractivity contribution in [3.8, 4) is 11.5 Å². The fourth-order valence-electron chi connectivity index (χ4n) is 2.47. The molecule has 2 N–H and O–H groups in total.